The molecule has 4 rings (SSSR count). The predicted octanol–water partition coefficient (Wildman–Crippen LogP) is 5.48. The van der Waals surface area contributed by atoms with Gasteiger partial charge in [0.05, 0.1) is 22.9 Å². The van der Waals surface area contributed by atoms with Gasteiger partial charge in [0.1, 0.15) is 5.75 Å². The maximum absolute atomic E-state index is 13.0. The Hall–Kier alpha value is -2.37. The van der Waals surface area contributed by atoms with E-state index in [1.807, 2.05) is 61.7 Å². The largest absolute Gasteiger partial charge is 0.478 e. The standard InChI is InChI=1S/C21H19ClN2O2S/c1-3-19-21(25)24(11-15-6-4-5-7-16(15)22)18-10-14(8-9-20(18)26-19)17-12-27-13(2)23-17/h4-10,12,19H,3,11H2,1-2H3. The van der Waals surface area contributed by atoms with Crippen LogP contribution in [-0.2, 0) is 11.3 Å². The fourth-order valence-electron chi connectivity index (χ4n) is 3.20. The summed E-state index contributed by atoms with van der Waals surface area (Å²) in [5.74, 6) is 0.667. The molecule has 1 amide bonds. The van der Waals surface area contributed by atoms with E-state index in [9.17, 15) is 4.79 Å². The Kier molecular flexibility index (Phi) is 4.89. The zero-order valence-corrected chi connectivity index (χ0v) is 16.7. The SMILES string of the molecule is CCC1Oc2ccc(-c3csc(C)n3)cc2N(Cc2ccccc2Cl)C1=O. The molecule has 4 nitrogen and oxygen atoms in total. The Labute approximate surface area is 167 Å². The lowest BCUT2D eigenvalue weighted by Gasteiger charge is -2.34. The van der Waals surface area contributed by atoms with E-state index in [2.05, 4.69) is 4.98 Å². The first-order valence-corrected chi connectivity index (χ1v) is 10.1. The third-order valence-corrected chi connectivity index (χ3v) is 5.77. The van der Waals surface area contributed by atoms with Gasteiger partial charge in [0.25, 0.3) is 5.91 Å². The Bertz CT molecular complexity index is 1000. The van der Waals surface area contributed by atoms with Crippen molar-refractivity contribution >= 4 is 34.5 Å². The average Bonchev–Trinajstić information content (AvgIpc) is 3.11. The van der Waals surface area contributed by atoms with E-state index >= 15 is 0 Å². The second-order valence-corrected chi connectivity index (χ2v) is 7.93. The third-order valence-electron chi connectivity index (χ3n) is 4.63. The molecule has 1 unspecified atom stereocenters. The number of aryl methyl sites for hydroxylation is 1. The molecule has 0 bridgehead atoms. The quantitative estimate of drug-likeness (QED) is 0.584. The molecule has 1 aromatic heterocycles. The van der Waals surface area contributed by atoms with Gasteiger partial charge in [-0.2, -0.15) is 0 Å². The number of halogens is 1. The number of carbonyl (C=O) groups excluding carboxylic acids is 1. The number of thiazole rings is 1. The van der Waals surface area contributed by atoms with E-state index in [1.165, 1.54) is 0 Å². The maximum Gasteiger partial charge on any atom is 0.268 e. The first kappa shape index (κ1) is 18.0. The normalized spacial score (nSPS) is 16.2. The lowest BCUT2D eigenvalue weighted by Crippen LogP contribution is -2.45. The number of hydrogen-bond donors (Lipinski definition) is 0. The minimum absolute atomic E-state index is 0.0449. The van der Waals surface area contributed by atoms with Gasteiger partial charge in [-0.25, -0.2) is 4.98 Å². The van der Waals surface area contributed by atoms with Gasteiger partial charge in [0, 0.05) is 16.0 Å². The summed E-state index contributed by atoms with van der Waals surface area (Å²) in [6.07, 6.45) is 0.136. The van der Waals surface area contributed by atoms with Gasteiger partial charge in [-0.1, -0.05) is 36.7 Å². The number of hydrogen-bond acceptors (Lipinski definition) is 4. The third kappa shape index (κ3) is 3.45. The highest BCUT2D eigenvalue weighted by molar-refractivity contribution is 7.09. The van der Waals surface area contributed by atoms with E-state index in [-0.39, 0.29) is 5.91 Å². The predicted molar refractivity (Wildman–Crippen MR) is 110 cm³/mol. The highest BCUT2D eigenvalue weighted by Crippen LogP contribution is 2.39. The van der Waals surface area contributed by atoms with Gasteiger partial charge in [-0.15, -0.1) is 11.3 Å². The van der Waals surface area contributed by atoms with Crippen molar-refractivity contribution < 1.29 is 9.53 Å². The maximum atomic E-state index is 13.0. The molecule has 2 aromatic carbocycles. The second kappa shape index (κ2) is 7.33. The Morgan fingerprint density at radius 2 is 2.07 bits per heavy atom. The van der Waals surface area contributed by atoms with Crippen LogP contribution in [0.3, 0.4) is 0 Å². The van der Waals surface area contributed by atoms with Gasteiger partial charge < -0.3 is 9.64 Å². The summed E-state index contributed by atoms with van der Waals surface area (Å²) in [5.41, 5.74) is 3.54. The van der Waals surface area contributed by atoms with Crippen LogP contribution < -0.4 is 9.64 Å². The lowest BCUT2D eigenvalue weighted by molar-refractivity contribution is -0.126. The van der Waals surface area contributed by atoms with E-state index in [4.69, 9.17) is 16.3 Å². The molecule has 2 heterocycles. The van der Waals surface area contributed by atoms with Crippen LogP contribution in [0.15, 0.2) is 47.8 Å². The van der Waals surface area contributed by atoms with Crippen molar-refractivity contribution in [3.05, 3.63) is 63.4 Å². The number of fused-ring (bicyclic) bond motifs is 1. The molecule has 1 aliphatic rings. The van der Waals surface area contributed by atoms with Gasteiger partial charge in [-0.05, 0) is 43.2 Å². The molecule has 1 aliphatic heterocycles. The van der Waals surface area contributed by atoms with E-state index in [0.717, 1.165) is 27.5 Å². The fourth-order valence-corrected chi connectivity index (χ4v) is 4.02. The highest BCUT2D eigenvalue weighted by atomic mass is 35.5. The van der Waals surface area contributed by atoms with Crippen molar-refractivity contribution in [1.82, 2.24) is 4.98 Å². The van der Waals surface area contributed by atoms with Crippen LogP contribution in [0, 0.1) is 6.92 Å². The summed E-state index contributed by atoms with van der Waals surface area (Å²) in [6, 6.07) is 13.5. The zero-order chi connectivity index (χ0) is 19.0. The Balaban J connectivity index is 1.78. The van der Waals surface area contributed by atoms with Crippen molar-refractivity contribution in [3.63, 3.8) is 0 Å². The van der Waals surface area contributed by atoms with Crippen LogP contribution in [-0.4, -0.2) is 17.0 Å². The van der Waals surface area contributed by atoms with E-state index in [1.54, 1.807) is 16.2 Å². The number of aromatic nitrogens is 1. The summed E-state index contributed by atoms with van der Waals surface area (Å²) < 4.78 is 5.95. The fraction of sp³-hybridized carbons (Fsp3) is 0.238. The number of ether oxygens (including phenoxy) is 1. The van der Waals surface area contributed by atoms with Crippen LogP contribution in [0.25, 0.3) is 11.3 Å². The van der Waals surface area contributed by atoms with Crippen LogP contribution in [0.4, 0.5) is 5.69 Å². The smallest absolute Gasteiger partial charge is 0.268 e. The molecule has 0 N–H and O–H groups in total. The molecule has 0 saturated heterocycles. The number of nitrogens with zero attached hydrogens (tertiary/aromatic N) is 2. The van der Waals surface area contributed by atoms with Crippen LogP contribution in [0.2, 0.25) is 5.02 Å². The monoisotopic (exact) mass is 398 g/mol. The average molecular weight is 399 g/mol. The molecule has 3 aromatic rings. The van der Waals surface area contributed by atoms with Crippen LogP contribution >= 0.6 is 22.9 Å². The highest BCUT2D eigenvalue weighted by Gasteiger charge is 2.34. The second-order valence-electron chi connectivity index (χ2n) is 6.46. The molecule has 0 spiro atoms. The van der Waals surface area contributed by atoms with Gasteiger partial charge in [0.2, 0.25) is 0 Å². The number of amides is 1. The topological polar surface area (TPSA) is 42.4 Å². The van der Waals surface area contributed by atoms with Crippen molar-refractivity contribution in [1.29, 1.82) is 0 Å². The molecule has 0 aliphatic carbocycles. The molecule has 6 heteroatoms. The molecule has 27 heavy (non-hydrogen) atoms. The summed E-state index contributed by atoms with van der Waals surface area (Å²) in [6.45, 7) is 4.34. The van der Waals surface area contributed by atoms with Crippen LogP contribution in [0.5, 0.6) is 5.75 Å². The van der Waals surface area contributed by atoms with E-state index < -0.39 is 6.10 Å². The summed E-state index contributed by atoms with van der Waals surface area (Å²) in [5, 5.41) is 3.68. The van der Waals surface area contributed by atoms with Crippen molar-refractivity contribution in [2.45, 2.75) is 32.9 Å². The minimum Gasteiger partial charge on any atom is -0.478 e. The van der Waals surface area contributed by atoms with Crippen LogP contribution in [0.1, 0.15) is 23.9 Å². The molecule has 1 atom stereocenters. The van der Waals surface area contributed by atoms with Gasteiger partial charge in [-0.3, -0.25) is 4.79 Å². The number of anilines is 1. The van der Waals surface area contributed by atoms with Gasteiger partial charge >= 0.3 is 0 Å². The molecule has 138 valence electrons. The summed E-state index contributed by atoms with van der Waals surface area (Å²) >= 11 is 7.95. The summed E-state index contributed by atoms with van der Waals surface area (Å²) in [4.78, 5) is 19.4. The Morgan fingerprint density at radius 3 is 2.78 bits per heavy atom. The molecular weight excluding hydrogens is 380 g/mol. The van der Waals surface area contributed by atoms with Crippen molar-refractivity contribution in [2.75, 3.05) is 4.90 Å². The minimum atomic E-state index is -0.479. The number of benzene rings is 2. The van der Waals surface area contributed by atoms with Gasteiger partial charge in [0.15, 0.2) is 6.10 Å². The van der Waals surface area contributed by atoms with Crippen molar-refractivity contribution in [3.8, 4) is 17.0 Å². The molecular formula is C21H19ClN2O2S. The summed E-state index contributed by atoms with van der Waals surface area (Å²) in [7, 11) is 0. The zero-order valence-electron chi connectivity index (χ0n) is 15.1. The first-order chi connectivity index (χ1) is 13.1. The molecule has 0 saturated carbocycles. The van der Waals surface area contributed by atoms with Crippen molar-refractivity contribution in [2.24, 2.45) is 0 Å². The number of carbonyl (C=O) groups is 1. The van der Waals surface area contributed by atoms with E-state index in [0.29, 0.717) is 23.7 Å². The first-order valence-electron chi connectivity index (χ1n) is 8.85. The molecule has 0 fully saturated rings. The lowest BCUT2D eigenvalue weighted by atomic mass is 10.1. The Morgan fingerprint density at radius 1 is 1.26 bits per heavy atom. The number of rotatable bonds is 4. The molecule has 0 radical (unpaired) electrons.